The lowest BCUT2D eigenvalue weighted by molar-refractivity contribution is -0.140. The van der Waals surface area contributed by atoms with E-state index in [0.717, 1.165) is 25.7 Å². The molecule has 1 aromatic carbocycles. The lowest BCUT2D eigenvalue weighted by Crippen LogP contribution is -2.34. The zero-order valence-corrected chi connectivity index (χ0v) is 15.7. The topological polar surface area (TPSA) is 105 Å². The van der Waals surface area contributed by atoms with Gasteiger partial charge in [-0.25, -0.2) is 0 Å². The minimum absolute atomic E-state index is 0.0356. The molecule has 3 aliphatic rings. The van der Waals surface area contributed by atoms with Gasteiger partial charge in [-0.05, 0) is 38.0 Å². The Labute approximate surface area is 162 Å². The van der Waals surface area contributed by atoms with E-state index in [2.05, 4.69) is 10.6 Å². The molecule has 4 amide bonds. The Morgan fingerprint density at radius 1 is 1.18 bits per heavy atom. The Morgan fingerprint density at radius 2 is 1.86 bits per heavy atom. The zero-order valence-electron chi connectivity index (χ0n) is 15.7. The van der Waals surface area contributed by atoms with Crippen LogP contribution in [0.1, 0.15) is 39.0 Å². The number of benzene rings is 1. The molecular formula is C20H23N3O5. The molecule has 28 heavy (non-hydrogen) atoms. The molecule has 1 saturated carbocycles. The zero-order chi connectivity index (χ0) is 19.8. The summed E-state index contributed by atoms with van der Waals surface area (Å²) in [6.07, 6.45) is 2.96. The molecule has 148 valence electrons. The van der Waals surface area contributed by atoms with E-state index in [4.69, 9.17) is 4.74 Å². The SMILES string of the molecule is CC1Oc2ccc(NC(=O)CCN3C(=O)C4CCCCC4C3=O)cc2NC1=O. The fourth-order valence-electron chi connectivity index (χ4n) is 4.17. The van der Waals surface area contributed by atoms with Crippen molar-refractivity contribution in [2.45, 2.75) is 45.1 Å². The van der Waals surface area contributed by atoms with Gasteiger partial charge in [-0.3, -0.25) is 24.1 Å². The van der Waals surface area contributed by atoms with Gasteiger partial charge in [-0.2, -0.15) is 0 Å². The standard InChI is InChI=1S/C20H23N3O5/c1-11-18(25)22-15-10-12(6-7-16(15)28-11)21-17(24)8-9-23-19(26)13-4-2-3-5-14(13)20(23)27/h6-7,10-11,13-14H,2-5,8-9H2,1H3,(H,21,24)(H,22,25). The van der Waals surface area contributed by atoms with E-state index < -0.39 is 6.10 Å². The van der Waals surface area contributed by atoms with Gasteiger partial charge in [0.25, 0.3) is 5.91 Å². The van der Waals surface area contributed by atoms with Gasteiger partial charge < -0.3 is 15.4 Å². The number of likely N-dealkylation sites (tertiary alicyclic amines) is 1. The first kappa shape index (κ1) is 18.5. The number of anilines is 2. The van der Waals surface area contributed by atoms with Crippen LogP contribution in [-0.4, -0.2) is 41.2 Å². The second kappa shape index (κ2) is 7.26. The van der Waals surface area contributed by atoms with Crippen LogP contribution in [-0.2, 0) is 19.2 Å². The van der Waals surface area contributed by atoms with E-state index in [1.54, 1.807) is 25.1 Å². The highest BCUT2D eigenvalue weighted by molar-refractivity contribution is 6.05. The Balaban J connectivity index is 1.35. The minimum Gasteiger partial charge on any atom is -0.479 e. The molecule has 3 atom stereocenters. The van der Waals surface area contributed by atoms with E-state index in [1.165, 1.54) is 4.90 Å². The van der Waals surface area contributed by atoms with Gasteiger partial charge in [-0.15, -0.1) is 0 Å². The average molecular weight is 385 g/mol. The fraction of sp³-hybridized carbons (Fsp3) is 0.500. The van der Waals surface area contributed by atoms with Crippen LogP contribution in [0.4, 0.5) is 11.4 Å². The van der Waals surface area contributed by atoms with Crippen molar-refractivity contribution in [2.24, 2.45) is 11.8 Å². The van der Waals surface area contributed by atoms with Gasteiger partial charge in [-0.1, -0.05) is 12.8 Å². The van der Waals surface area contributed by atoms with Gasteiger partial charge in [0.15, 0.2) is 6.10 Å². The predicted octanol–water partition coefficient (Wildman–Crippen LogP) is 1.91. The molecule has 8 nitrogen and oxygen atoms in total. The number of imide groups is 1. The maximum absolute atomic E-state index is 12.5. The van der Waals surface area contributed by atoms with Crippen molar-refractivity contribution in [3.05, 3.63) is 18.2 Å². The van der Waals surface area contributed by atoms with E-state index in [9.17, 15) is 19.2 Å². The molecule has 1 aromatic rings. The summed E-state index contributed by atoms with van der Waals surface area (Å²) in [5, 5.41) is 5.47. The maximum Gasteiger partial charge on any atom is 0.265 e. The lowest BCUT2D eigenvalue weighted by atomic mass is 9.81. The molecule has 1 aliphatic carbocycles. The first-order valence-electron chi connectivity index (χ1n) is 9.70. The lowest BCUT2D eigenvalue weighted by Gasteiger charge is -2.23. The van der Waals surface area contributed by atoms with Gasteiger partial charge in [0.05, 0.1) is 17.5 Å². The molecule has 4 rings (SSSR count). The molecule has 3 unspecified atom stereocenters. The molecule has 2 aliphatic heterocycles. The highest BCUT2D eigenvalue weighted by Crippen LogP contribution is 2.38. The van der Waals surface area contributed by atoms with Crippen molar-refractivity contribution in [3.8, 4) is 5.75 Å². The summed E-state index contributed by atoms with van der Waals surface area (Å²) in [5.41, 5.74) is 1.00. The van der Waals surface area contributed by atoms with Crippen LogP contribution in [0.3, 0.4) is 0 Å². The Bertz CT molecular complexity index is 828. The van der Waals surface area contributed by atoms with Crippen LogP contribution < -0.4 is 15.4 Å². The first-order chi connectivity index (χ1) is 13.4. The molecular weight excluding hydrogens is 362 g/mol. The fourth-order valence-corrected chi connectivity index (χ4v) is 4.17. The van der Waals surface area contributed by atoms with Crippen molar-refractivity contribution in [3.63, 3.8) is 0 Å². The van der Waals surface area contributed by atoms with Crippen molar-refractivity contribution in [2.75, 3.05) is 17.2 Å². The Hall–Kier alpha value is -2.90. The average Bonchev–Trinajstić information content (AvgIpc) is 2.92. The first-order valence-corrected chi connectivity index (χ1v) is 9.70. The summed E-state index contributed by atoms with van der Waals surface area (Å²) < 4.78 is 5.48. The van der Waals surface area contributed by atoms with Crippen LogP contribution >= 0.6 is 0 Å². The molecule has 2 heterocycles. The quantitative estimate of drug-likeness (QED) is 0.771. The number of hydrogen-bond donors (Lipinski definition) is 2. The van der Waals surface area contributed by atoms with Crippen molar-refractivity contribution in [1.29, 1.82) is 0 Å². The summed E-state index contributed by atoms with van der Waals surface area (Å²) in [4.78, 5) is 50.2. The van der Waals surface area contributed by atoms with E-state index in [-0.39, 0.29) is 48.4 Å². The minimum atomic E-state index is -0.563. The molecule has 8 heteroatoms. The highest BCUT2D eigenvalue weighted by Gasteiger charge is 2.47. The number of nitrogens with one attached hydrogen (secondary N) is 2. The van der Waals surface area contributed by atoms with Gasteiger partial charge in [0, 0.05) is 18.7 Å². The second-order valence-corrected chi connectivity index (χ2v) is 7.58. The molecule has 0 radical (unpaired) electrons. The van der Waals surface area contributed by atoms with Gasteiger partial charge in [0.2, 0.25) is 17.7 Å². The van der Waals surface area contributed by atoms with E-state index in [1.807, 2.05) is 0 Å². The summed E-state index contributed by atoms with van der Waals surface area (Å²) in [7, 11) is 0. The summed E-state index contributed by atoms with van der Waals surface area (Å²) in [6.45, 7) is 1.75. The van der Waals surface area contributed by atoms with Crippen LogP contribution in [0.5, 0.6) is 5.75 Å². The third-order valence-corrected chi connectivity index (χ3v) is 5.69. The number of hydrogen-bond acceptors (Lipinski definition) is 5. The Morgan fingerprint density at radius 3 is 2.54 bits per heavy atom. The highest BCUT2D eigenvalue weighted by atomic mass is 16.5. The summed E-state index contributed by atoms with van der Waals surface area (Å²) in [5.74, 6) is -0.668. The normalized spacial score (nSPS) is 26.2. The molecule has 2 N–H and O–H groups in total. The number of nitrogens with zero attached hydrogens (tertiary/aromatic N) is 1. The number of carbonyl (C=O) groups is 4. The van der Waals surface area contributed by atoms with Crippen LogP contribution in [0.2, 0.25) is 0 Å². The molecule has 2 fully saturated rings. The van der Waals surface area contributed by atoms with Gasteiger partial charge in [0.1, 0.15) is 5.75 Å². The monoisotopic (exact) mass is 385 g/mol. The van der Waals surface area contributed by atoms with Crippen LogP contribution in [0, 0.1) is 11.8 Å². The van der Waals surface area contributed by atoms with Crippen LogP contribution in [0.25, 0.3) is 0 Å². The maximum atomic E-state index is 12.5. The molecule has 1 saturated heterocycles. The molecule has 0 aromatic heterocycles. The largest absolute Gasteiger partial charge is 0.479 e. The third kappa shape index (κ3) is 3.34. The number of carbonyl (C=O) groups excluding carboxylic acids is 4. The summed E-state index contributed by atoms with van der Waals surface area (Å²) in [6, 6.07) is 4.98. The molecule has 0 spiro atoms. The molecule has 0 bridgehead atoms. The van der Waals surface area contributed by atoms with Crippen molar-refractivity contribution in [1.82, 2.24) is 4.90 Å². The number of amides is 4. The smallest absolute Gasteiger partial charge is 0.265 e. The second-order valence-electron chi connectivity index (χ2n) is 7.58. The van der Waals surface area contributed by atoms with E-state index >= 15 is 0 Å². The van der Waals surface area contributed by atoms with Crippen molar-refractivity contribution >= 4 is 35.0 Å². The number of fused-ring (bicyclic) bond motifs is 2. The summed E-state index contributed by atoms with van der Waals surface area (Å²) >= 11 is 0. The van der Waals surface area contributed by atoms with Crippen LogP contribution in [0.15, 0.2) is 18.2 Å². The van der Waals surface area contributed by atoms with Gasteiger partial charge >= 0.3 is 0 Å². The number of ether oxygens (including phenoxy) is 1. The number of rotatable bonds is 4. The Kier molecular flexibility index (Phi) is 4.78. The third-order valence-electron chi connectivity index (χ3n) is 5.69. The van der Waals surface area contributed by atoms with Crippen molar-refractivity contribution < 1.29 is 23.9 Å². The predicted molar refractivity (Wildman–Crippen MR) is 101 cm³/mol. The van der Waals surface area contributed by atoms with E-state index in [0.29, 0.717) is 17.1 Å².